The van der Waals surface area contributed by atoms with Gasteiger partial charge in [0.25, 0.3) is 0 Å². The Morgan fingerprint density at radius 1 is 0.844 bits per heavy atom. The van der Waals surface area contributed by atoms with E-state index in [9.17, 15) is 14.4 Å². The third-order valence-corrected chi connectivity index (χ3v) is 5.05. The van der Waals surface area contributed by atoms with Crippen molar-refractivity contribution in [3.8, 4) is 16.9 Å². The maximum atomic E-state index is 12.4. The summed E-state index contributed by atoms with van der Waals surface area (Å²) in [4.78, 5) is 35.8. The van der Waals surface area contributed by atoms with Crippen LogP contribution < -0.4 is 4.74 Å². The minimum atomic E-state index is -0.582. The number of hydrogen-bond donors (Lipinski definition) is 0. The van der Waals surface area contributed by atoms with Crippen LogP contribution in [0.25, 0.3) is 11.1 Å². The first-order valence-electron chi connectivity index (χ1n) is 10.7. The summed E-state index contributed by atoms with van der Waals surface area (Å²) in [6, 6.07) is 19.2. The number of carbonyl (C=O) groups is 3. The number of aryl methyl sites for hydroxylation is 1. The van der Waals surface area contributed by atoms with Crippen LogP contribution in [0, 0.1) is 6.92 Å². The predicted molar refractivity (Wildman–Crippen MR) is 123 cm³/mol. The van der Waals surface area contributed by atoms with Gasteiger partial charge in [0, 0.05) is 5.56 Å². The lowest BCUT2D eigenvalue weighted by atomic mass is 10.0. The van der Waals surface area contributed by atoms with Crippen LogP contribution in [0.3, 0.4) is 0 Å². The van der Waals surface area contributed by atoms with Crippen molar-refractivity contribution in [3.63, 3.8) is 0 Å². The van der Waals surface area contributed by atoms with Crippen molar-refractivity contribution in [3.05, 3.63) is 89.0 Å². The molecule has 0 atom stereocenters. The molecular weight excluding hydrogens is 404 g/mol. The van der Waals surface area contributed by atoms with Gasteiger partial charge >= 0.3 is 11.9 Å². The number of unbranched alkanes of at least 4 members (excludes halogenated alkanes) is 2. The Kier molecular flexibility index (Phi) is 7.92. The number of rotatable bonds is 9. The van der Waals surface area contributed by atoms with Crippen LogP contribution in [-0.4, -0.2) is 24.8 Å². The van der Waals surface area contributed by atoms with Crippen LogP contribution in [0.5, 0.6) is 5.75 Å². The van der Waals surface area contributed by atoms with E-state index >= 15 is 0 Å². The third kappa shape index (κ3) is 5.91. The molecule has 0 unspecified atom stereocenters. The molecule has 0 fully saturated rings. The molecule has 5 nitrogen and oxygen atoms in total. The van der Waals surface area contributed by atoms with E-state index in [2.05, 4.69) is 6.92 Å². The van der Waals surface area contributed by atoms with Crippen molar-refractivity contribution < 1.29 is 23.9 Å². The van der Waals surface area contributed by atoms with E-state index in [1.54, 1.807) is 42.5 Å². The molecule has 0 saturated heterocycles. The summed E-state index contributed by atoms with van der Waals surface area (Å²) in [5.41, 5.74) is 3.77. The molecule has 0 amide bonds. The van der Waals surface area contributed by atoms with Gasteiger partial charge in [-0.1, -0.05) is 55.7 Å². The average molecular weight is 431 g/mol. The number of hydrogen-bond acceptors (Lipinski definition) is 5. The predicted octanol–water partition coefficient (Wildman–Crippen LogP) is 6.04. The van der Waals surface area contributed by atoms with E-state index in [0.29, 0.717) is 29.8 Å². The lowest BCUT2D eigenvalue weighted by Gasteiger charge is -2.09. The van der Waals surface area contributed by atoms with Crippen molar-refractivity contribution in [1.82, 2.24) is 0 Å². The number of carbonyl (C=O) groups excluding carboxylic acids is 3. The zero-order valence-corrected chi connectivity index (χ0v) is 18.3. The van der Waals surface area contributed by atoms with Gasteiger partial charge in [0.05, 0.1) is 17.7 Å². The van der Waals surface area contributed by atoms with Gasteiger partial charge < -0.3 is 9.47 Å². The van der Waals surface area contributed by atoms with E-state index in [4.69, 9.17) is 9.47 Å². The normalized spacial score (nSPS) is 10.4. The lowest BCUT2D eigenvalue weighted by molar-refractivity contribution is 0.0497. The number of ether oxygens (including phenoxy) is 2. The second-order valence-corrected chi connectivity index (χ2v) is 7.54. The molecule has 0 heterocycles. The molecule has 0 aliphatic carbocycles. The highest BCUT2D eigenvalue weighted by Crippen LogP contribution is 2.24. The highest BCUT2D eigenvalue weighted by Gasteiger charge is 2.14. The van der Waals surface area contributed by atoms with Gasteiger partial charge in [0.1, 0.15) is 5.75 Å². The zero-order valence-electron chi connectivity index (χ0n) is 18.3. The molecule has 0 aliphatic rings. The van der Waals surface area contributed by atoms with E-state index < -0.39 is 5.97 Å². The molecule has 0 spiro atoms. The van der Waals surface area contributed by atoms with Gasteiger partial charge in [0.2, 0.25) is 0 Å². The smallest absolute Gasteiger partial charge is 0.344 e. The second kappa shape index (κ2) is 11.0. The molecule has 0 N–H and O–H groups in total. The first-order valence-corrected chi connectivity index (χ1v) is 10.7. The molecule has 0 saturated carbocycles. The van der Waals surface area contributed by atoms with Crippen molar-refractivity contribution in [1.29, 1.82) is 0 Å². The lowest BCUT2D eigenvalue weighted by Crippen LogP contribution is -2.11. The fraction of sp³-hybridized carbons (Fsp3) is 0.222. The summed E-state index contributed by atoms with van der Waals surface area (Å²) >= 11 is 0. The molecule has 3 rings (SSSR count). The number of esters is 2. The van der Waals surface area contributed by atoms with Crippen molar-refractivity contribution >= 4 is 18.2 Å². The van der Waals surface area contributed by atoms with Crippen LogP contribution in [0.15, 0.2) is 66.7 Å². The van der Waals surface area contributed by atoms with Crippen LogP contribution in [0.2, 0.25) is 0 Å². The fourth-order valence-electron chi connectivity index (χ4n) is 3.24. The summed E-state index contributed by atoms with van der Waals surface area (Å²) in [5.74, 6) is -0.522. The Bertz CT molecular complexity index is 1080. The Hall–Kier alpha value is -3.73. The summed E-state index contributed by atoms with van der Waals surface area (Å²) in [7, 11) is 0. The highest BCUT2D eigenvalue weighted by molar-refractivity contribution is 5.99. The van der Waals surface area contributed by atoms with Gasteiger partial charge in [-0.2, -0.15) is 0 Å². The van der Waals surface area contributed by atoms with Crippen LogP contribution in [-0.2, 0) is 4.74 Å². The maximum absolute atomic E-state index is 12.4. The fourth-order valence-corrected chi connectivity index (χ4v) is 3.24. The van der Waals surface area contributed by atoms with Gasteiger partial charge in [-0.05, 0) is 60.9 Å². The monoisotopic (exact) mass is 430 g/mol. The molecule has 0 radical (unpaired) electrons. The topological polar surface area (TPSA) is 69.7 Å². The molecule has 0 aromatic heterocycles. The van der Waals surface area contributed by atoms with Crippen LogP contribution >= 0.6 is 0 Å². The second-order valence-electron chi connectivity index (χ2n) is 7.54. The van der Waals surface area contributed by atoms with E-state index in [1.165, 1.54) is 0 Å². The first kappa shape index (κ1) is 22.9. The largest absolute Gasteiger partial charge is 0.462 e. The van der Waals surface area contributed by atoms with Crippen molar-refractivity contribution in [2.75, 3.05) is 6.61 Å². The highest BCUT2D eigenvalue weighted by atomic mass is 16.5. The first-order chi connectivity index (χ1) is 15.5. The third-order valence-electron chi connectivity index (χ3n) is 5.05. The van der Waals surface area contributed by atoms with Crippen LogP contribution in [0.4, 0.5) is 0 Å². The number of benzene rings is 3. The van der Waals surface area contributed by atoms with Gasteiger partial charge in [-0.15, -0.1) is 0 Å². The van der Waals surface area contributed by atoms with Gasteiger partial charge in [-0.3, -0.25) is 4.79 Å². The molecule has 0 aliphatic heterocycles. The Labute approximate surface area is 188 Å². The summed E-state index contributed by atoms with van der Waals surface area (Å²) < 4.78 is 10.7. The summed E-state index contributed by atoms with van der Waals surface area (Å²) in [6.07, 6.45) is 3.64. The minimum Gasteiger partial charge on any atom is -0.462 e. The molecule has 5 heteroatoms. The summed E-state index contributed by atoms with van der Waals surface area (Å²) in [6.45, 7) is 4.39. The van der Waals surface area contributed by atoms with Crippen LogP contribution in [0.1, 0.15) is 62.8 Å². The molecule has 32 heavy (non-hydrogen) atoms. The molecular formula is C27H26O5. The summed E-state index contributed by atoms with van der Waals surface area (Å²) in [5, 5.41) is 0. The van der Waals surface area contributed by atoms with Gasteiger partial charge in [0.15, 0.2) is 6.29 Å². The zero-order chi connectivity index (χ0) is 22.9. The van der Waals surface area contributed by atoms with Crippen molar-refractivity contribution in [2.24, 2.45) is 0 Å². The van der Waals surface area contributed by atoms with Crippen molar-refractivity contribution in [2.45, 2.75) is 33.1 Å². The molecule has 3 aromatic carbocycles. The molecule has 164 valence electrons. The van der Waals surface area contributed by atoms with E-state index in [0.717, 1.165) is 36.0 Å². The molecule has 0 bridgehead atoms. The SMILES string of the molecule is CCCCCOC(=O)c1ccc(-c2ccc(OC(=O)c3ccc(C)cc3C=O)cc2)cc1. The number of aldehydes is 1. The Balaban J connectivity index is 1.63. The van der Waals surface area contributed by atoms with E-state index in [-0.39, 0.29) is 11.5 Å². The Morgan fingerprint density at radius 2 is 1.50 bits per heavy atom. The standard InChI is InChI=1S/C27H26O5/c1-3-4-5-16-31-26(29)22-9-7-20(8-10-22)21-11-13-24(14-12-21)32-27(30)25-15-6-19(2)17-23(25)18-28/h6-15,17-18H,3-5,16H2,1-2H3. The molecule has 3 aromatic rings. The minimum absolute atomic E-state index is 0.229. The van der Waals surface area contributed by atoms with Gasteiger partial charge in [-0.25, -0.2) is 9.59 Å². The average Bonchev–Trinajstić information content (AvgIpc) is 2.82. The van der Waals surface area contributed by atoms with E-state index in [1.807, 2.05) is 31.2 Å². The quantitative estimate of drug-likeness (QED) is 0.179. The Morgan fingerprint density at radius 3 is 2.12 bits per heavy atom. The maximum Gasteiger partial charge on any atom is 0.344 e.